The zero-order valence-corrected chi connectivity index (χ0v) is 10.3. The second-order valence-corrected chi connectivity index (χ2v) is 5.56. The molecule has 1 unspecified atom stereocenters. The van der Waals surface area contributed by atoms with Crippen molar-refractivity contribution in [2.75, 3.05) is 5.32 Å². The Bertz CT molecular complexity index is 396. The Morgan fingerprint density at radius 2 is 1.88 bits per heavy atom. The standard InChI is InChI=1S/C15H21NO/c17-15(10-4-1-5-11-15)14-9-8-12-6-2-3-7-13(12)16-14/h2-3,6-7,14,16-17H,1,4-5,8-11H2. The molecule has 2 nitrogen and oxygen atoms in total. The second-order valence-electron chi connectivity index (χ2n) is 5.56. The van der Waals surface area contributed by atoms with E-state index in [0.717, 1.165) is 25.7 Å². The van der Waals surface area contributed by atoms with Crippen LogP contribution in [-0.4, -0.2) is 16.7 Å². The number of aryl methyl sites for hydroxylation is 1. The molecule has 1 atom stereocenters. The molecule has 1 aliphatic carbocycles. The number of nitrogens with one attached hydrogen (secondary N) is 1. The van der Waals surface area contributed by atoms with Crippen LogP contribution in [0.4, 0.5) is 5.69 Å². The van der Waals surface area contributed by atoms with Gasteiger partial charge in [0.25, 0.3) is 0 Å². The van der Waals surface area contributed by atoms with E-state index in [0.29, 0.717) is 0 Å². The molecule has 1 aromatic carbocycles. The van der Waals surface area contributed by atoms with Gasteiger partial charge < -0.3 is 10.4 Å². The van der Waals surface area contributed by atoms with Crippen molar-refractivity contribution in [2.24, 2.45) is 0 Å². The average Bonchev–Trinajstić information content (AvgIpc) is 2.39. The Labute approximate surface area is 103 Å². The summed E-state index contributed by atoms with van der Waals surface area (Å²) in [7, 11) is 0. The quantitative estimate of drug-likeness (QED) is 0.778. The van der Waals surface area contributed by atoms with Gasteiger partial charge in [-0.25, -0.2) is 0 Å². The summed E-state index contributed by atoms with van der Waals surface area (Å²) < 4.78 is 0. The van der Waals surface area contributed by atoms with Crippen molar-refractivity contribution in [1.82, 2.24) is 0 Å². The predicted octanol–water partition coefficient (Wildman–Crippen LogP) is 3.11. The van der Waals surface area contributed by atoms with E-state index >= 15 is 0 Å². The molecule has 1 fully saturated rings. The predicted molar refractivity (Wildman–Crippen MR) is 70.2 cm³/mol. The Morgan fingerprint density at radius 1 is 1.12 bits per heavy atom. The number of para-hydroxylation sites is 1. The maximum Gasteiger partial charge on any atom is 0.0847 e. The lowest BCUT2D eigenvalue weighted by Gasteiger charge is -2.42. The Balaban J connectivity index is 1.79. The molecule has 0 saturated heterocycles. The highest BCUT2D eigenvalue weighted by atomic mass is 16.3. The number of anilines is 1. The average molecular weight is 231 g/mol. The summed E-state index contributed by atoms with van der Waals surface area (Å²) in [6, 6.07) is 8.73. The molecule has 2 heteroatoms. The van der Waals surface area contributed by atoms with E-state index in [9.17, 15) is 5.11 Å². The Kier molecular flexibility index (Phi) is 2.83. The first-order chi connectivity index (χ1) is 8.28. The fraction of sp³-hybridized carbons (Fsp3) is 0.600. The van der Waals surface area contributed by atoms with Crippen molar-refractivity contribution in [1.29, 1.82) is 0 Å². The molecule has 0 amide bonds. The number of hydrogen-bond acceptors (Lipinski definition) is 2. The lowest BCUT2D eigenvalue weighted by molar-refractivity contribution is -0.0162. The van der Waals surface area contributed by atoms with Crippen LogP contribution in [0.5, 0.6) is 0 Å². The van der Waals surface area contributed by atoms with Crippen LogP contribution in [0.1, 0.15) is 44.1 Å². The highest BCUT2D eigenvalue weighted by Crippen LogP contribution is 2.37. The minimum atomic E-state index is -0.466. The van der Waals surface area contributed by atoms with Gasteiger partial charge >= 0.3 is 0 Å². The van der Waals surface area contributed by atoms with Gasteiger partial charge in [0.15, 0.2) is 0 Å². The molecule has 2 N–H and O–H groups in total. The molecular formula is C15H21NO. The van der Waals surface area contributed by atoms with Crippen LogP contribution < -0.4 is 5.32 Å². The topological polar surface area (TPSA) is 32.3 Å². The van der Waals surface area contributed by atoms with Crippen LogP contribution in [0, 0.1) is 0 Å². The summed E-state index contributed by atoms with van der Waals surface area (Å²) in [6.07, 6.45) is 7.72. The smallest absolute Gasteiger partial charge is 0.0847 e. The first-order valence-corrected chi connectivity index (χ1v) is 6.85. The molecule has 0 aromatic heterocycles. The summed E-state index contributed by atoms with van der Waals surface area (Å²) in [5.41, 5.74) is 2.15. The maximum absolute atomic E-state index is 10.8. The van der Waals surface area contributed by atoms with Gasteiger partial charge in [-0.2, -0.15) is 0 Å². The molecule has 2 aliphatic rings. The van der Waals surface area contributed by atoms with E-state index in [2.05, 4.69) is 29.6 Å². The zero-order chi connectivity index (χ0) is 11.7. The summed E-state index contributed by atoms with van der Waals surface area (Å²) in [5, 5.41) is 14.3. The van der Waals surface area contributed by atoms with Gasteiger partial charge in [-0.1, -0.05) is 37.5 Å². The van der Waals surface area contributed by atoms with Crippen LogP contribution in [0.2, 0.25) is 0 Å². The van der Waals surface area contributed by atoms with Gasteiger partial charge in [-0.05, 0) is 37.3 Å². The van der Waals surface area contributed by atoms with Crippen molar-refractivity contribution in [3.05, 3.63) is 29.8 Å². The molecular weight excluding hydrogens is 210 g/mol. The monoisotopic (exact) mass is 231 g/mol. The maximum atomic E-state index is 10.8. The Hall–Kier alpha value is -1.02. The van der Waals surface area contributed by atoms with Crippen LogP contribution in [0.15, 0.2) is 24.3 Å². The van der Waals surface area contributed by atoms with Crippen molar-refractivity contribution < 1.29 is 5.11 Å². The zero-order valence-electron chi connectivity index (χ0n) is 10.3. The minimum absolute atomic E-state index is 0.248. The lowest BCUT2D eigenvalue weighted by Crippen LogP contribution is -2.49. The Morgan fingerprint density at radius 3 is 2.71 bits per heavy atom. The van der Waals surface area contributed by atoms with Gasteiger partial charge in [0.05, 0.1) is 11.6 Å². The van der Waals surface area contributed by atoms with E-state index in [1.807, 2.05) is 0 Å². The number of rotatable bonds is 1. The largest absolute Gasteiger partial charge is 0.388 e. The highest BCUT2D eigenvalue weighted by molar-refractivity contribution is 5.54. The fourth-order valence-electron chi connectivity index (χ4n) is 3.35. The summed E-state index contributed by atoms with van der Waals surface area (Å²) in [6.45, 7) is 0. The van der Waals surface area contributed by atoms with Crippen LogP contribution >= 0.6 is 0 Å². The van der Waals surface area contributed by atoms with E-state index in [4.69, 9.17) is 0 Å². The molecule has 1 aliphatic heterocycles. The summed E-state index contributed by atoms with van der Waals surface area (Å²) in [4.78, 5) is 0. The van der Waals surface area contributed by atoms with Crippen LogP contribution in [0.3, 0.4) is 0 Å². The molecule has 0 bridgehead atoms. The summed E-state index contributed by atoms with van der Waals surface area (Å²) in [5.74, 6) is 0. The number of fused-ring (bicyclic) bond motifs is 1. The van der Waals surface area contributed by atoms with Crippen molar-refractivity contribution in [2.45, 2.75) is 56.6 Å². The van der Waals surface area contributed by atoms with Crippen LogP contribution in [0.25, 0.3) is 0 Å². The summed E-state index contributed by atoms with van der Waals surface area (Å²) >= 11 is 0. The number of hydrogen-bond donors (Lipinski definition) is 2. The molecule has 17 heavy (non-hydrogen) atoms. The number of aliphatic hydroxyl groups is 1. The minimum Gasteiger partial charge on any atom is -0.388 e. The van der Waals surface area contributed by atoms with Gasteiger partial charge in [0.2, 0.25) is 0 Å². The first kappa shape index (κ1) is 11.1. The third kappa shape index (κ3) is 2.06. The molecule has 1 heterocycles. The SMILES string of the molecule is OC1(C2CCc3ccccc3N2)CCCCC1. The molecule has 0 spiro atoms. The molecule has 3 rings (SSSR count). The molecule has 0 radical (unpaired) electrons. The van der Waals surface area contributed by atoms with Gasteiger partial charge in [-0.15, -0.1) is 0 Å². The third-order valence-electron chi connectivity index (χ3n) is 4.42. The molecule has 1 aromatic rings. The van der Waals surface area contributed by atoms with Crippen molar-refractivity contribution >= 4 is 5.69 Å². The molecule has 92 valence electrons. The number of benzene rings is 1. The van der Waals surface area contributed by atoms with E-state index < -0.39 is 5.60 Å². The lowest BCUT2D eigenvalue weighted by atomic mass is 9.76. The normalized spacial score (nSPS) is 27.0. The van der Waals surface area contributed by atoms with E-state index in [-0.39, 0.29) is 6.04 Å². The van der Waals surface area contributed by atoms with Crippen molar-refractivity contribution in [3.8, 4) is 0 Å². The van der Waals surface area contributed by atoms with E-state index in [1.165, 1.54) is 30.5 Å². The van der Waals surface area contributed by atoms with Gasteiger partial charge in [0.1, 0.15) is 0 Å². The first-order valence-electron chi connectivity index (χ1n) is 6.85. The highest BCUT2D eigenvalue weighted by Gasteiger charge is 2.39. The van der Waals surface area contributed by atoms with Gasteiger partial charge in [0, 0.05) is 5.69 Å². The fourth-order valence-corrected chi connectivity index (χ4v) is 3.35. The van der Waals surface area contributed by atoms with E-state index in [1.54, 1.807) is 0 Å². The van der Waals surface area contributed by atoms with Gasteiger partial charge in [-0.3, -0.25) is 0 Å². The van der Waals surface area contributed by atoms with Crippen molar-refractivity contribution in [3.63, 3.8) is 0 Å². The molecule has 1 saturated carbocycles. The second kappa shape index (κ2) is 4.34. The van der Waals surface area contributed by atoms with Crippen LogP contribution in [-0.2, 0) is 6.42 Å². The third-order valence-corrected chi connectivity index (χ3v) is 4.42.